The molecule has 104 valence electrons. The first-order valence-corrected chi connectivity index (χ1v) is 5.98. The van der Waals surface area contributed by atoms with Gasteiger partial charge in [0.1, 0.15) is 13.2 Å². The van der Waals surface area contributed by atoms with Gasteiger partial charge in [-0.1, -0.05) is 11.2 Å². The van der Waals surface area contributed by atoms with Gasteiger partial charge in [0.05, 0.1) is 0 Å². The van der Waals surface area contributed by atoms with E-state index in [2.05, 4.69) is 27.0 Å². The molecular weight excluding hydrogens is 260 g/mol. The van der Waals surface area contributed by atoms with Gasteiger partial charge in [-0.2, -0.15) is 4.98 Å². The lowest BCUT2D eigenvalue weighted by Gasteiger charge is -2.01. The fourth-order valence-corrected chi connectivity index (χ4v) is 1.39. The van der Waals surface area contributed by atoms with Crippen LogP contribution in [0.3, 0.4) is 0 Å². The molecule has 20 heavy (non-hydrogen) atoms. The molecule has 0 spiro atoms. The van der Waals surface area contributed by atoms with E-state index in [-0.39, 0.29) is 19.1 Å². The molecule has 7 heteroatoms. The van der Waals surface area contributed by atoms with Gasteiger partial charge in [-0.25, -0.2) is 0 Å². The summed E-state index contributed by atoms with van der Waals surface area (Å²) in [4.78, 5) is 19.4. The maximum atomic E-state index is 11.3. The molecule has 2 aromatic heterocycles. The lowest BCUT2D eigenvalue weighted by atomic mass is 10.3. The van der Waals surface area contributed by atoms with Gasteiger partial charge < -0.3 is 14.6 Å². The van der Waals surface area contributed by atoms with E-state index in [4.69, 9.17) is 9.26 Å². The lowest BCUT2D eigenvalue weighted by Crippen LogP contribution is -2.27. The van der Waals surface area contributed by atoms with Crippen LogP contribution in [0.25, 0.3) is 11.4 Å². The molecule has 0 aliphatic heterocycles. The fraction of sp³-hybridized carbons (Fsp3) is 0.231. The van der Waals surface area contributed by atoms with Crippen molar-refractivity contribution in [3.05, 3.63) is 43.1 Å². The van der Waals surface area contributed by atoms with Crippen molar-refractivity contribution in [2.45, 2.75) is 6.61 Å². The van der Waals surface area contributed by atoms with E-state index < -0.39 is 0 Å². The first kappa shape index (κ1) is 13.9. The highest BCUT2D eigenvalue weighted by Gasteiger charge is 2.09. The summed E-state index contributed by atoms with van der Waals surface area (Å²) in [7, 11) is 0. The summed E-state index contributed by atoms with van der Waals surface area (Å²) >= 11 is 0. The number of carbonyl (C=O) groups is 1. The van der Waals surface area contributed by atoms with Gasteiger partial charge in [-0.3, -0.25) is 9.78 Å². The Balaban J connectivity index is 1.82. The SMILES string of the molecule is C=CCNC(=O)COCc1nc(-c2cccnc2)no1. The molecule has 0 bridgehead atoms. The number of rotatable bonds is 7. The van der Waals surface area contributed by atoms with Crippen LogP contribution < -0.4 is 5.32 Å². The third-order valence-corrected chi connectivity index (χ3v) is 2.29. The maximum Gasteiger partial charge on any atom is 0.252 e. The molecule has 0 saturated carbocycles. The van der Waals surface area contributed by atoms with Crippen LogP contribution in [-0.4, -0.2) is 34.2 Å². The molecule has 1 N–H and O–H groups in total. The van der Waals surface area contributed by atoms with E-state index >= 15 is 0 Å². The first-order valence-electron chi connectivity index (χ1n) is 5.98. The molecule has 0 fully saturated rings. The molecule has 0 aromatic carbocycles. The monoisotopic (exact) mass is 274 g/mol. The standard InChI is InChI=1S/C13H14N4O3/c1-2-5-15-11(18)8-19-9-12-16-13(17-20-12)10-4-3-6-14-7-10/h2-4,6-7H,1,5,8-9H2,(H,15,18). The number of pyridine rings is 1. The third-order valence-electron chi connectivity index (χ3n) is 2.29. The highest BCUT2D eigenvalue weighted by atomic mass is 16.5. The predicted molar refractivity (Wildman–Crippen MR) is 70.4 cm³/mol. The molecular formula is C13H14N4O3. The van der Waals surface area contributed by atoms with Crippen molar-refractivity contribution in [2.75, 3.05) is 13.2 Å². The quantitative estimate of drug-likeness (QED) is 0.756. The average molecular weight is 274 g/mol. The van der Waals surface area contributed by atoms with E-state index in [0.717, 1.165) is 5.56 Å². The van der Waals surface area contributed by atoms with E-state index in [1.54, 1.807) is 24.5 Å². The Kier molecular flexibility index (Phi) is 4.96. The number of nitrogens with one attached hydrogen (secondary N) is 1. The molecule has 0 radical (unpaired) electrons. The lowest BCUT2D eigenvalue weighted by molar-refractivity contribution is -0.126. The van der Waals surface area contributed by atoms with Gasteiger partial charge in [0.25, 0.3) is 5.89 Å². The summed E-state index contributed by atoms with van der Waals surface area (Å²) in [6.45, 7) is 3.92. The van der Waals surface area contributed by atoms with Gasteiger partial charge in [0.15, 0.2) is 0 Å². The molecule has 2 heterocycles. The van der Waals surface area contributed by atoms with Gasteiger partial charge >= 0.3 is 0 Å². The number of nitrogens with zero attached hydrogens (tertiary/aromatic N) is 3. The molecule has 2 rings (SSSR count). The minimum absolute atomic E-state index is 0.0710. The van der Waals surface area contributed by atoms with Crippen LogP contribution in [0.2, 0.25) is 0 Å². The van der Waals surface area contributed by atoms with Crippen molar-refractivity contribution in [1.29, 1.82) is 0 Å². The summed E-state index contributed by atoms with van der Waals surface area (Å²) in [5, 5.41) is 6.41. The molecule has 1 amide bonds. The topological polar surface area (TPSA) is 90.1 Å². The second kappa shape index (κ2) is 7.15. The maximum absolute atomic E-state index is 11.3. The van der Waals surface area contributed by atoms with E-state index in [1.165, 1.54) is 0 Å². The average Bonchev–Trinajstić information content (AvgIpc) is 2.95. The highest BCUT2D eigenvalue weighted by Crippen LogP contribution is 2.13. The molecule has 2 aromatic rings. The Hall–Kier alpha value is -2.54. The predicted octanol–water partition coefficient (Wildman–Crippen LogP) is 0.950. The third kappa shape index (κ3) is 3.99. The summed E-state index contributed by atoms with van der Waals surface area (Å²) in [5.41, 5.74) is 0.756. The van der Waals surface area contributed by atoms with Crippen molar-refractivity contribution in [3.63, 3.8) is 0 Å². The number of hydrogen-bond acceptors (Lipinski definition) is 6. The second-order valence-corrected chi connectivity index (χ2v) is 3.84. The van der Waals surface area contributed by atoms with Gasteiger partial charge in [-0.05, 0) is 12.1 Å². The van der Waals surface area contributed by atoms with Crippen molar-refractivity contribution < 1.29 is 14.1 Å². The largest absolute Gasteiger partial charge is 0.362 e. The Labute approximate surface area is 115 Å². The first-order chi connectivity index (χ1) is 9.79. The van der Waals surface area contributed by atoms with Crippen LogP contribution in [-0.2, 0) is 16.1 Å². The van der Waals surface area contributed by atoms with Crippen molar-refractivity contribution in [1.82, 2.24) is 20.4 Å². The molecule has 0 unspecified atom stereocenters. The van der Waals surface area contributed by atoms with E-state index in [1.807, 2.05) is 6.07 Å². The normalized spacial score (nSPS) is 10.2. The molecule has 7 nitrogen and oxygen atoms in total. The van der Waals surface area contributed by atoms with Crippen LogP contribution in [0.4, 0.5) is 0 Å². The second-order valence-electron chi connectivity index (χ2n) is 3.84. The number of hydrogen-bond donors (Lipinski definition) is 1. The zero-order chi connectivity index (χ0) is 14.2. The summed E-state index contributed by atoms with van der Waals surface area (Å²) in [6.07, 6.45) is 4.89. The molecule has 0 saturated heterocycles. The Morgan fingerprint density at radius 2 is 2.45 bits per heavy atom. The highest BCUT2D eigenvalue weighted by molar-refractivity contribution is 5.77. The number of carbonyl (C=O) groups excluding carboxylic acids is 1. The van der Waals surface area contributed by atoms with Crippen LogP contribution >= 0.6 is 0 Å². The molecule has 0 atom stereocenters. The Morgan fingerprint density at radius 3 is 3.20 bits per heavy atom. The summed E-state index contributed by atoms with van der Waals surface area (Å²) in [6, 6.07) is 3.61. The van der Waals surface area contributed by atoms with Crippen molar-refractivity contribution in [3.8, 4) is 11.4 Å². The minimum Gasteiger partial charge on any atom is -0.362 e. The van der Waals surface area contributed by atoms with Crippen LogP contribution in [0.1, 0.15) is 5.89 Å². The fourth-order valence-electron chi connectivity index (χ4n) is 1.39. The van der Waals surface area contributed by atoms with Crippen LogP contribution in [0.15, 0.2) is 41.7 Å². The van der Waals surface area contributed by atoms with Crippen LogP contribution in [0, 0.1) is 0 Å². The number of aromatic nitrogens is 3. The molecule has 0 aliphatic carbocycles. The van der Waals surface area contributed by atoms with Gasteiger partial charge in [-0.15, -0.1) is 6.58 Å². The summed E-state index contributed by atoms with van der Waals surface area (Å²) in [5.74, 6) is 0.519. The van der Waals surface area contributed by atoms with Crippen molar-refractivity contribution >= 4 is 5.91 Å². The smallest absolute Gasteiger partial charge is 0.252 e. The van der Waals surface area contributed by atoms with Gasteiger partial charge in [0, 0.05) is 24.5 Å². The van der Waals surface area contributed by atoms with Crippen molar-refractivity contribution in [2.24, 2.45) is 0 Å². The Morgan fingerprint density at radius 1 is 1.55 bits per heavy atom. The zero-order valence-corrected chi connectivity index (χ0v) is 10.8. The minimum atomic E-state index is -0.225. The van der Waals surface area contributed by atoms with E-state index in [9.17, 15) is 4.79 Å². The van der Waals surface area contributed by atoms with E-state index in [0.29, 0.717) is 18.3 Å². The Bertz CT molecular complexity index is 568. The summed E-state index contributed by atoms with van der Waals surface area (Å²) < 4.78 is 10.2. The van der Waals surface area contributed by atoms with Crippen LogP contribution in [0.5, 0.6) is 0 Å². The number of amides is 1. The molecule has 0 aliphatic rings. The zero-order valence-electron chi connectivity index (χ0n) is 10.8. The number of ether oxygens (including phenoxy) is 1. The van der Waals surface area contributed by atoms with Gasteiger partial charge in [0.2, 0.25) is 11.7 Å².